The quantitative estimate of drug-likeness (QED) is 0.0740. The summed E-state index contributed by atoms with van der Waals surface area (Å²) in [5.74, 6) is 0. The van der Waals surface area contributed by atoms with Crippen LogP contribution in [0.25, 0.3) is 0 Å². The zero-order valence-corrected chi connectivity index (χ0v) is 30.6. The molecule has 0 aliphatic heterocycles. The van der Waals surface area contributed by atoms with E-state index < -0.39 is 0 Å². The fraction of sp³-hybridized carbons (Fsp3) is 0.762. The SMILES string of the molecule is CCCCCCCCCCCCN=c1ccn(CCCCCCCCn2ccc(=NCCCCCCCCCCCC)cc2)cc1. The van der Waals surface area contributed by atoms with Gasteiger partial charge in [-0.25, -0.2) is 0 Å². The molecule has 0 bridgehead atoms. The number of rotatable bonds is 31. The van der Waals surface area contributed by atoms with Crippen LogP contribution in [0.5, 0.6) is 0 Å². The summed E-state index contributed by atoms with van der Waals surface area (Å²) in [6.07, 6.45) is 44.3. The van der Waals surface area contributed by atoms with Crippen molar-refractivity contribution in [2.24, 2.45) is 9.98 Å². The molecule has 0 spiro atoms. The second-order valence-corrected chi connectivity index (χ2v) is 13.8. The molecule has 0 aliphatic rings. The van der Waals surface area contributed by atoms with Gasteiger partial charge in [-0.2, -0.15) is 0 Å². The van der Waals surface area contributed by atoms with E-state index in [9.17, 15) is 0 Å². The molecule has 0 saturated heterocycles. The third-order valence-corrected chi connectivity index (χ3v) is 9.44. The molecule has 0 aromatic carbocycles. The van der Waals surface area contributed by atoms with E-state index in [2.05, 4.69) is 72.0 Å². The predicted molar refractivity (Wildman–Crippen MR) is 201 cm³/mol. The largest absolute Gasteiger partial charge is 0.354 e. The number of hydrogen-bond donors (Lipinski definition) is 0. The fourth-order valence-electron chi connectivity index (χ4n) is 6.32. The minimum atomic E-state index is 0.972. The van der Waals surface area contributed by atoms with E-state index in [-0.39, 0.29) is 0 Å². The molecule has 4 nitrogen and oxygen atoms in total. The van der Waals surface area contributed by atoms with Crippen LogP contribution in [0.1, 0.15) is 181 Å². The van der Waals surface area contributed by atoms with Crippen molar-refractivity contribution >= 4 is 0 Å². The molecule has 2 heterocycles. The van der Waals surface area contributed by atoms with Crippen LogP contribution < -0.4 is 10.7 Å². The molecular formula is C42H74N4. The van der Waals surface area contributed by atoms with Crippen molar-refractivity contribution in [2.45, 2.75) is 194 Å². The van der Waals surface area contributed by atoms with Crippen LogP contribution in [0.2, 0.25) is 0 Å². The first-order valence-corrected chi connectivity index (χ1v) is 20.1. The van der Waals surface area contributed by atoms with Crippen LogP contribution in [-0.2, 0) is 13.1 Å². The molecule has 0 aliphatic carbocycles. The maximum atomic E-state index is 4.79. The lowest BCUT2D eigenvalue weighted by atomic mass is 10.1. The monoisotopic (exact) mass is 635 g/mol. The molecule has 0 atom stereocenters. The van der Waals surface area contributed by atoms with Crippen LogP contribution >= 0.6 is 0 Å². The van der Waals surface area contributed by atoms with E-state index in [4.69, 9.17) is 9.98 Å². The van der Waals surface area contributed by atoms with Crippen LogP contribution in [0, 0.1) is 0 Å². The molecule has 2 aromatic heterocycles. The van der Waals surface area contributed by atoms with Crippen molar-refractivity contribution < 1.29 is 0 Å². The maximum Gasteiger partial charge on any atom is 0.0603 e. The zero-order chi connectivity index (χ0) is 32.6. The molecule has 46 heavy (non-hydrogen) atoms. The molecule has 0 fully saturated rings. The maximum absolute atomic E-state index is 4.79. The van der Waals surface area contributed by atoms with Crippen molar-refractivity contribution in [3.63, 3.8) is 0 Å². The minimum absolute atomic E-state index is 0.972. The molecule has 262 valence electrons. The van der Waals surface area contributed by atoms with Crippen molar-refractivity contribution in [3.8, 4) is 0 Å². The summed E-state index contributed by atoms with van der Waals surface area (Å²) in [6.45, 7) is 8.76. The van der Waals surface area contributed by atoms with Gasteiger partial charge in [0.2, 0.25) is 0 Å². The molecule has 0 saturated carbocycles. The Hall–Kier alpha value is -2.10. The first-order valence-electron chi connectivity index (χ1n) is 20.1. The Bertz CT molecular complexity index is 939. The van der Waals surface area contributed by atoms with Gasteiger partial charge in [-0.15, -0.1) is 0 Å². The molecule has 2 rings (SSSR count). The number of unbranched alkanes of at least 4 members (excludes halogenated alkanes) is 23. The second kappa shape index (κ2) is 30.2. The van der Waals surface area contributed by atoms with Gasteiger partial charge in [0.25, 0.3) is 0 Å². The van der Waals surface area contributed by atoms with Gasteiger partial charge in [-0.3, -0.25) is 9.98 Å². The highest BCUT2D eigenvalue weighted by atomic mass is 14.9. The van der Waals surface area contributed by atoms with Gasteiger partial charge in [0.05, 0.1) is 10.7 Å². The first-order chi connectivity index (χ1) is 22.8. The van der Waals surface area contributed by atoms with E-state index in [0.29, 0.717) is 0 Å². The molecule has 2 aromatic rings. The van der Waals surface area contributed by atoms with Crippen LogP contribution in [-0.4, -0.2) is 22.2 Å². The third kappa shape index (κ3) is 23.3. The van der Waals surface area contributed by atoms with E-state index in [1.807, 2.05) is 0 Å². The Kier molecular flexibility index (Phi) is 26.4. The number of hydrogen-bond acceptors (Lipinski definition) is 2. The zero-order valence-electron chi connectivity index (χ0n) is 30.6. The van der Waals surface area contributed by atoms with Gasteiger partial charge in [0, 0.05) is 51.0 Å². The Morgan fingerprint density at radius 1 is 0.348 bits per heavy atom. The summed E-state index contributed by atoms with van der Waals surface area (Å²) in [4.78, 5) is 9.59. The van der Waals surface area contributed by atoms with Gasteiger partial charge >= 0.3 is 0 Å². The highest BCUT2D eigenvalue weighted by Gasteiger charge is 1.96. The van der Waals surface area contributed by atoms with Gasteiger partial charge < -0.3 is 9.13 Å². The Morgan fingerprint density at radius 2 is 0.609 bits per heavy atom. The molecule has 0 radical (unpaired) electrons. The molecule has 0 unspecified atom stereocenters. The van der Waals surface area contributed by atoms with Gasteiger partial charge in [-0.1, -0.05) is 155 Å². The number of nitrogens with zero attached hydrogens (tertiary/aromatic N) is 4. The Balaban J connectivity index is 1.41. The summed E-state index contributed by atoms with van der Waals surface area (Å²) < 4.78 is 4.65. The third-order valence-electron chi connectivity index (χ3n) is 9.44. The topological polar surface area (TPSA) is 34.6 Å². The minimum Gasteiger partial charge on any atom is -0.354 e. The average Bonchev–Trinajstić information content (AvgIpc) is 3.08. The summed E-state index contributed by atoms with van der Waals surface area (Å²) in [7, 11) is 0. The summed E-state index contributed by atoms with van der Waals surface area (Å²) in [5, 5.41) is 2.27. The Morgan fingerprint density at radius 3 is 0.913 bits per heavy atom. The molecular weight excluding hydrogens is 560 g/mol. The van der Waals surface area contributed by atoms with Gasteiger partial charge in [0.1, 0.15) is 0 Å². The molecule has 0 N–H and O–H groups in total. The van der Waals surface area contributed by atoms with E-state index >= 15 is 0 Å². The number of aryl methyl sites for hydroxylation is 2. The van der Waals surface area contributed by atoms with Crippen molar-refractivity contribution in [1.82, 2.24) is 9.13 Å². The lowest BCUT2D eigenvalue weighted by molar-refractivity contribution is 0.529. The van der Waals surface area contributed by atoms with E-state index in [1.165, 1.54) is 167 Å². The van der Waals surface area contributed by atoms with Crippen LogP contribution in [0.4, 0.5) is 0 Å². The smallest absolute Gasteiger partial charge is 0.0603 e. The average molecular weight is 635 g/mol. The number of aromatic nitrogens is 2. The highest BCUT2D eigenvalue weighted by Crippen LogP contribution is 2.12. The normalized spacial score (nSPS) is 11.3. The molecule has 4 heteroatoms. The van der Waals surface area contributed by atoms with Crippen LogP contribution in [0.3, 0.4) is 0 Å². The molecule has 0 amide bonds. The number of pyridine rings is 2. The standard InChI is InChI=1S/C42H74N4/c1-3-5-7-9-11-13-15-17-21-25-33-43-41-29-37-45(38-30-41)35-27-23-19-20-24-28-36-46-39-31-42(32-40-46)44-34-26-22-18-16-14-12-10-8-6-4-2/h29-32,37-40H,3-28,33-36H2,1-2H3. The predicted octanol–water partition coefficient (Wildman–Crippen LogP) is 12.0. The summed E-state index contributed by atoms with van der Waals surface area (Å²) in [5.41, 5.74) is 0. The van der Waals surface area contributed by atoms with Gasteiger partial charge in [0.15, 0.2) is 0 Å². The van der Waals surface area contributed by atoms with Crippen molar-refractivity contribution in [1.29, 1.82) is 0 Å². The highest BCUT2D eigenvalue weighted by molar-refractivity contribution is 4.94. The van der Waals surface area contributed by atoms with Gasteiger partial charge in [-0.05, 0) is 49.9 Å². The fourth-order valence-corrected chi connectivity index (χ4v) is 6.32. The lowest BCUT2D eigenvalue weighted by Crippen LogP contribution is -2.07. The van der Waals surface area contributed by atoms with Crippen molar-refractivity contribution in [3.05, 3.63) is 59.8 Å². The van der Waals surface area contributed by atoms with Crippen molar-refractivity contribution in [2.75, 3.05) is 13.1 Å². The van der Waals surface area contributed by atoms with E-state index in [0.717, 1.165) is 36.9 Å². The van der Waals surface area contributed by atoms with Crippen LogP contribution in [0.15, 0.2) is 59.0 Å². The summed E-state index contributed by atoms with van der Waals surface area (Å²) in [6, 6.07) is 8.75. The first kappa shape index (κ1) is 40.1. The van der Waals surface area contributed by atoms with E-state index in [1.54, 1.807) is 0 Å². The second-order valence-electron chi connectivity index (χ2n) is 13.8. The lowest BCUT2D eigenvalue weighted by Gasteiger charge is -2.07. The Labute approximate surface area is 285 Å². The summed E-state index contributed by atoms with van der Waals surface area (Å²) >= 11 is 0.